The van der Waals surface area contributed by atoms with Crippen molar-refractivity contribution in [2.45, 2.75) is 32.2 Å². The van der Waals surface area contributed by atoms with E-state index in [1.807, 2.05) is 12.3 Å². The Balaban J connectivity index is 2.21. The molecule has 2 aromatic heterocycles. The van der Waals surface area contributed by atoms with E-state index in [1.165, 1.54) is 6.42 Å². The molecule has 1 saturated carbocycles. The van der Waals surface area contributed by atoms with Gasteiger partial charge in [-0.3, -0.25) is 0 Å². The Morgan fingerprint density at radius 1 is 1.59 bits per heavy atom. The number of fused-ring (bicyclic) bond motifs is 1. The summed E-state index contributed by atoms with van der Waals surface area (Å²) in [6.45, 7) is 4.53. The van der Waals surface area contributed by atoms with Gasteiger partial charge in [-0.25, -0.2) is 9.97 Å². The summed E-state index contributed by atoms with van der Waals surface area (Å²) >= 11 is 9.40. The van der Waals surface area contributed by atoms with E-state index in [9.17, 15) is 0 Å². The average molecular weight is 315 g/mol. The summed E-state index contributed by atoms with van der Waals surface area (Å²) in [6, 6.07) is 2.47. The Bertz CT molecular complexity index is 591. The van der Waals surface area contributed by atoms with Crippen LogP contribution in [0.15, 0.2) is 16.7 Å². The van der Waals surface area contributed by atoms with E-state index < -0.39 is 0 Å². The van der Waals surface area contributed by atoms with Crippen molar-refractivity contribution < 1.29 is 0 Å². The summed E-state index contributed by atoms with van der Waals surface area (Å²) in [5, 5.41) is 0. The lowest BCUT2D eigenvalue weighted by Crippen LogP contribution is -2.05. The van der Waals surface area contributed by atoms with E-state index in [2.05, 4.69) is 44.3 Å². The lowest BCUT2D eigenvalue weighted by molar-refractivity contribution is 0.538. The van der Waals surface area contributed by atoms with Crippen molar-refractivity contribution in [3.05, 3.63) is 22.6 Å². The fourth-order valence-electron chi connectivity index (χ4n) is 2.31. The molecule has 3 nitrogen and oxygen atoms in total. The van der Waals surface area contributed by atoms with Gasteiger partial charge in [0.05, 0.1) is 5.88 Å². The number of hydrogen-bond donors (Lipinski definition) is 0. The number of rotatable bonds is 2. The maximum Gasteiger partial charge on any atom is 0.160 e. The molecule has 2 heterocycles. The van der Waals surface area contributed by atoms with Gasteiger partial charge in [0, 0.05) is 16.7 Å². The Morgan fingerprint density at radius 2 is 2.29 bits per heavy atom. The van der Waals surface area contributed by atoms with Crippen LogP contribution in [0.4, 0.5) is 0 Å². The predicted molar refractivity (Wildman–Crippen MR) is 72.2 cm³/mol. The van der Waals surface area contributed by atoms with Gasteiger partial charge in [0.1, 0.15) is 11.3 Å². The van der Waals surface area contributed by atoms with E-state index >= 15 is 0 Å². The highest BCUT2D eigenvalue weighted by Crippen LogP contribution is 2.56. The first kappa shape index (κ1) is 11.5. The largest absolute Gasteiger partial charge is 0.308 e. The number of imidazole rings is 1. The summed E-state index contributed by atoms with van der Waals surface area (Å²) in [5.41, 5.74) is 2.19. The summed E-state index contributed by atoms with van der Waals surface area (Å²) in [4.78, 5) is 9.03. The first-order valence-corrected chi connectivity index (χ1v) is 6.94. The van der Waals surface area contributed by atoms with Crippen LogP contribution in [0.25, 0.3) is 11.2 Å². The molecule has 1 fully saturated rings. The fourth-order valence-corrected chi connectivity index (χ4v) is 2.81. The van der Waals surface area contributed by atoms with Gasteiger partial charge in [-0.1, -0.05) is 13.8 Å². The molecule has 0 amide bonds. The zero-order valence-electron chi connectivity index (χ0n) is 9.74. The normalized spacial score (nSPS) is 22.0. The van der Waals surface area contributed by atoms with Crippen molar-refractivity contribution in [2.75, 3.05) is 0 Å². The van der Waals surface area contributed by atoms with Crippen LogP contribution in [0.2, 0.25) is 0 Å². The molecule has 0 N–H and O–H groups in total. The van der Waals surface area contributed by atoms with E-state index in [1.54, 1.807) is 0 Å². The zero-order valence-corrected chi connectivity index (χ0v) is 12.1. The Morgan fingerprint density at radius 3 is 2.88 bits per heavy atom. The summed E-state index contributed by atoms with van der Waals surface area (Å²) in [7, 11) is 0. The van der Waals surface area contributed by atoms with Crippen LogP contribution in [-0.4, -0.2) is 14.5 Å². The van der Waals surface area contributed by atoms with Gasteiger partial charge in [0.15, 0.2) is 5.65 Å². The highest BCUT2D eigenvalue weighted by atomic mass is 79.9. The van der Waals surface area contributed by atoms with Crippen molar-refractivity contribution in [1.29, 1.82) is 0 Å². The standard InChI is InChI=1S/C12H13BrClN3/c1-12(2)4-9(12)17-10(5-14)16-8-3-7(13)6-15-11(8)17/h3,6,9H,4-5H2,1-2H3. The molecule has 1 aliphatic rings. The molecule has 2 aromatic rings. The summed E-state index contributed by atoms with van der Waals surface area (Å²) < 4.78 is 3.15. The lowest BCUT2D eigenvalue weighted by atomic mass is 10.2. The van der Waals surface area contributed by atoms with Crippen LogP contribution in [-0.2, 0) is 5.88 Å². The first-order valence-electron chi connectivity index (χ1n) is 5.61. The van der Waals surface area contributed by atoms with Gasteiger partial charge in [-0.05, 0) is 33.8 Å². The average Bonchev–Trinajstić information content (AvgIpc) is 2.74. The van der Waals surface area contributed by atoms with Gasteiger partial charge in [0.2, 0.25) is 0 Å². The third kappa shape index (κ3) is 1.78. The Labute approximate surface area is 113 Å². The van der Waals surface area contributed by atoms with Crippen LogP contribution in [0.5, 0.6) is 0 Å². The van der Waals surface area contributed by atoms with Gasteiger partial charge >= 0.3 is 0 Å². The molecule has 1 unspecified atom stereocenters. The molecule has 1 atom stereocenters. The predicted octanol–water partition coefficient (Wildman–Crippen LogP) is 3.90. The molecule has 90 valence electrons. The quantitative estimate of drug-likeness (QED) is 0.787. The molecule has 0 aliphatic heterocycles. The molecule has 0 aromatic carbocycles. The van der Waals surface area contributed by atoms with Gasteiger partial charge < -0.3 is 4.57 Å². The topological polar surface area (TPSA) is 30.7 Å². The fraction of sp³-hybridized carbons (Fsp3) is 0.500. The third-order valence-corrected chi connectivity index (χ3v) is 4.13. The van der Waals surface area contributed by atoms with Crippen LogP contribution < -0.4 is 0 Å². The molecular weight excluding hydrogens is 302 g/mol. The monoisotopic (exact) mass is 313 g/mol. The second kappa shape index (κ2) is 3.69. The molecule has 3 rings (SSSR count). The summed E-state index contributed by atoms with van der Waals surface area (Å²) in [6.07, 6.45) is 2.98. The van der Waals surface area contributed by atoms with Gasteiger partial charge in [-0.2, -0.15) is 0 Å². The molecule has 0 bridgehead atoms. The smallest absolute Gasteiger partial charge is 0.160 e. The number of hydrogen-bond acceptors (Lipinski definition) is 2. The van der Waals surface area contributed by atoms with Crippen molar-refractivity contribution in [1.82, 2.24) is 14.5 Å². The van der Waals surface area contributed by atoms with Crippen molar-refractivity contribution >= 4 is 38.7 Å². The third-order valence-electron chi connectivity index (χ3n) is 3.46. The van der Waals surface area contributed by atoms with Gasteiger partial charge in [0.25, 0.3) is 0 Å². The Hall–Kier alpha value is -0.610. The lowest BCUT2D eigenvalue weighted by Gasteiger charge is -2.08. The van der Waals surface area contributed by atoms with E-state index in [4.69, 9.17) is 11.6 Å². The minimum Gasteiger partial charge on any atom is -0.308 e. The molecular formula is C12H13BrClN3. The maximum atomic E-state index is 5.99. The van der Waals surface area contributed by atoms with Crippen LogP contribution in [0.3, 0.4) is 0 Å². The molecule has 5 heteroatoms. The molecule has 0 saturated heterocycles. The highest BCUT2D eigenvalue weighted by Gasteiger charge is 2.48. The molecule has 0 radical (unpaired) electrons. The van der Waals surface area contributed by atoms with Crippen LogP contribution >= 0.6 is 27.5 Å². The minimum atomic E-state index is 0.337. The number of pyridine rings is 1. The van der Waals surface area contributed by atoms with Crippen LogP contribution in [0.1, 0.15) is 32.1 Å². The van der Waals surface area contributed by atoms with E-state index in [0.29, 0.717) is 17.3 Å². The molecule has 0 spiro atoms. The minimum absolute atomic E-state index is 0.337. The number of aromatic nitrogens is 3. The number of alkyl halides is 1. The van der Waals surface area contributed by atoms with Crippen LogP contribution in [0, 0.1) is 5.41 Å². The highest BCUT2D eigenvalue weighted by molar-refractivity contribution is 9.10. The SMILES string of the molecule is CC1(C)CC1n1c(CCl)nc2cc(Br)cnc21. The zero-order chi connectivity index (χ0) is 12.2. The number of nitrogens with zero attached hydrogens (tertiary/aromatic N) is 3. The second-order valence-corrected chi connectivity index (χ2v) is 6.42. The van der Waals surface area contributed by atoms with E-state index in [-0.39, 0.29) is 0 Å². The summed E-state index contributed by atoms with van der Waals surface area (Å²) in [5.74, 6) is 1.35. The van der Waals surface area contributed by atoms with Crippen molar-refractivity contribution in [2.24, 2.45) is 5.41 Å². The number of halogens is 2. The second-order valence-electron chi connectivity index (χ2n) is 5.24. The van der Waals surface area contributed by atoms with Crippen molar-refractivity contribution in [3.63, 3.8) is 0 Å². The maximum absolute atomic E-state index is 5.99. The first-order chi connectivity index (χ1) is 8.03. The van der Waals surface area contributed by atoms with E-state index in [0.717, 1.165) is 21.5 Å². The Kier molecular flexibility index (Phi) is 2.49. The van der Waals surface area contributed by atoms with Crippen molar-refractivity contribution in [3.8, 4) is 0 Å². The molecule has 1 aliphatic carbocycles. The molecule has 17 heavy (non-hydrogen) atoms. The van der Waals surface area contributed by atoms with Gasteiger partial charge in [-0.15, -0.1) is 11.6 Å².